The van der Waals surface area contributed by atoms with Crippen LogP contribution in [-0.2, 0) is 0 Å². The molecular weight excluding hydrogens is 198 g/mol. The molecule has 0 aliphatic rings. The third-order valence-electron chi connectivity index (χ3n) is 1.72. The lowest BCUT2D eigenvalue weighted by Crippen LogP contribution is -1.79. The molecule has 72 valence electrons. The molecule has 1 rings (SSSR count). The molecule has 0 fully saturated rings. The Morgan fingerprint density at radius 2 is 2.29 bits per heavy atom. The molecule has 14 heavy (non-hydrogen) atoms. The van der Waals surface area contributed by atoms with Crippen LogP contribution in [0.2, 0.25) is 5.02 Å². The predicted octanol–water partition coefficient (Wildman–Crippen LogP) is 2.61. The summed E-state index contributed by atoms with van der Waals surface area (Å²) in [6, 6.07) is 7.22. The maximum absolute atomic E-state index is 8.64. The quantitative estimate of drug-likeness (QED) is 0.828. The molecule has 0 radical (unpaired) electrons. The van der Waals surface area contributed by atoms with Crippen LogP contribution in [0.4, 0.5) is 0 Å². The lowest BCUT2D eigenvalue weighted by molar-refractivity contribution is 0.303. The zero-order chi connectivity index (χ0) is 10.4. The summed E-state index contributed by atoms with van der Waals surface area (Å²) in [5.41, 5.74) is 1.41. The first-order valence-corrected chi connectivity index (χ1v) is 4.63. The standard InChI is InChI=1S/C11H10ClNO/c12-11-7-9(3-1-2-6-14)4-5-10(11)8-13/h1,3-5,7,14H,2,6H2. The Morgan fingerprint density at radius 1 is 1.50 bits per heavy atom. The van der Waals surface area contributed by atoms with Crippen molar-refractivity contribution in [2.24, 2.45) is 0 Å². The van der Waals surface area contributed by atoms with Crippen molar-refractivity contribution in [3.05, 3.63) is 40.4 Å². The van der Waals surface area contributed by atoms with Gasteiger partial charge >= 0.3 is 0 Å². The summed E-state index contributed by atoms with van der Waals surface area (Å²) in [7, 11) is 0. The van der Waals surface area contributed by atoms with E-state index in [1.54, 1.807) is 12.1 Å². The lowest BCUT2D eigenvalue weighted by Gasteiger charge is -1.96. The number of aliphatic hydroxyl groups is 1. The number of benzene rings is 1. The highest BCUT2D eigenvalue weighted by atomic mass is 35.5. The SMILES string of the molecule is N#Cc1ccc(C=CCCO)cc1Cl. The zero-order valence-corrected chi connectivity index (χ0v) is 8.33. The van der Waals surface area contributed by atoms with E-state index in [1.807, 2.05) is 24.3 Å². The Bertz CT molecular complexity index is 379. The first-order valence-electron chi connectivity index (χ1n) is 4.25. The molecule has 0 bridgehead atoms. The van der Waals surface area contributed by atoms with Crippen molar-refractivity contribution in [2.45, 2.75) is 6.42 Å². The molecule has 0 amide bonds. The van der Waals surface area contributed by atoms with Crippen LogP contribution in [0.25, 0.3) is 6.08 Å². The van der Waals surface area contributed by atoms with Crippen LogP contribution in [-0.4, -0.2) is 11.7 Å². The van der Waals surface area contributed by atoms with Crippen LogP contribution < -0.4 is 0 Å². The van der Waals surface area contributed by atoms with Gasteiger partial charge in [-0.05, 0) is 24.1 Å². The average molecular weight is 208 g/mol. The highest BCUT2D eigenvalue weighted by Gasteiger charge is 1.97. The summed E-state index contributed by atoms with van der Waals surface area (Å²) in [4.78, 5) is 0. The van der Waals surface area contributed by atoms with E-state index in [0.29, 0.717) is 17.0 Å². The largest absolute Gasteiger partial charge is 0.396 e. The number of rotatable bonds is 3. The van der Waals surface area contributed by atoms with Crippen LogP contribution in [0.5, 0.6) is 0 Å². The molecule has 0 spiro atoms. The Balaban J connectivity index is 2.82. The summed E-state index contributed by atoms with van der Waals surface area (Å²) < 4.78 is 0. The van der Waals surface area contributed by atoms with Gasteiger partial charge in [0.25, 0.3) is 0 Å². The monoisotopic (exact) mass is 207 g/mol. The molecule has 3 heteroatoms. The van der Waals surface area contributed by atoms with Gasteiger partial charge in [0.15, 0.2) is 0 Å². The van der Waals surface area contributed by atoms with Crippen molar-refractivity contribution in [3.63, 3.8) is 0 Å². The minimum Gasteiger partial charge on any atom is -0.396 e. The summed E-state index contributed by atoms with van der Waals surface area (Å²) in [6.07, 6.45) is 4.35. The van der Waals surface area contributed by atoms with Crippen molar-refractivity contribution in [1.29, 1.82) is 5.26 Å². The van der Waals surface area contributed by atoms with E-state index in [2.05, 4.69) is 0 Å². The third kappa shape index (κ3) is 2.88. The lowest BCUT2D eigenvalue weighted by atomic mass is 10.1. The smallest absolute Gasteiger partial charge is 0.101 e. The van der Waals surface area contributed by atoms with Gasteiger partial charge in [-0.15, -0.1) is 0 Å². The number of nitrogens with zero attached hydrogens (tertiary/aromatic N) is 1. The normalized spacial score (nSPS) is 10.4. The number of hydrogen-bond donors (Lipinski definition) is 1. The summed E-state index contributed by atoms with van der Waals surface area (Å²) >= 11 is 5.84. The van der Waals surface area contributed by atoms with Gasteiger partial charge < -0.3 is 5.11 Å². The fraction of sp³-hybridized carbons (Fsp3) is 0.182. The third-order valence-corrected chi connectivity index (χ3v) is 2.03. The molecule has 0 atom stereocenters. The van der Waals surface area contributed by atoms with Gasteiger partial charge in [-0.3, -0.25) is 0 Å². The molecule has 0 saturated heterocycles. The molecule has 0 saturated carbocycles. The Kier molecular flexibility index (Phi) is 4.18. The van der Waals surface area contributed by atoms with E-state index in [4.69, 9.17) is 22.0 Å². The zero-order valence-electron chi connectivity index (χ0n) is 7.57. The van der Waals surface area contributed by atoms with Gasteiger partial charge in [0.2, 0.25) is 0 Å². The fourth-order valence-electron chi connectivity index (χ4n) is 1.02. The van der Waals surface area contributed by atoms with Gasteiger partial charge in [0, 0.05) is 6.61 Å². The molecule has 1 aromatic rings. The molecule has 0 aliphatic carbocycles. The molecule has 0 unspecified atom stereocenters. The molecule has 1 aromatic carbocycles. The van der Waals surface area contributed by atoms with Crippen LogP contribution in [0.15, 0.2) is 24.3 Å². The van der Waals surface area contributed by atoms with Gasteiger partial charge in [-0.25, -0.2) is 0 Å². The molecule has 0 aromatic heterocycles. The highest BCUT2D eigenvalue weighted by Crippen LogP contribution is 2.17. The van der Waals surface area contributed by atoms with Crippen molar-refractivity contribution in [3.8, 4) is 6.07 Å². The highest BCUT2D eigenvalue weighted by molar-refractivity contribution is 6.31. The Hall–Kier alpha value is -1.30. The summed E-state index contributed by atoms with van der Waals surface area (Å²) in [6.45, 7) is 0.139. The van der Waals surface area contributed by atoms with Gasteiger partial charge in [-0.2, -0.15) is 5.26 Å². The predicted molar refractivity (Wildman–Crippen MR) is 56.9 cm³/mol. The van der Waals surface area contributed by atoms with E-state index >= 15 is 0 Å². The van der Waals surface area contributed by atoms with Crippen LogP contribution >= 0.6 is 11.6 Å². The number of aliphatic hydroxyl groups excluding tert-OH is 1. The molecular formula is C11H10ClNO. The van der Waals surface area contributed by atoms with Crippen LogP contribution in [0.3, 0.4) is 0 Å². The molecule has 2 nitrogen and oxygen atoms in total. The fourth-order valence-corrected chi connectivity index (χ4v) is 1.25. The second kappa shape index (κ2) is 5.43. The minimum atomic E-state index is 0.139. The Morgan fingerprint density at radius 3 is 2.86 bits per heavy atom. The first-order chi connectivity index (χ1) is 6.77. The number of hydrogen-bond acceptors (Lipinski definition) is 2. The van der Waals surface area contributed by atoms with E-state index in [0.717, 1.165) is 5.56 Å². The van der Waals surface area contributed by atoms with Crippen molar-refractivity contribution in [2.75, 3.05) is 6.61 Å². The van der Waals surface area contributed by atoms with E-state index in [9.17, 15) is 0 Å². The first kappa shape index (κ1) is 10.8. The summed E-state index contributed by atoms with van der Waals surface area (Å²) in [5, 5.41) is 17.7. The van der Waals surface area contributed by atoms with E-state index in [-0.39, 0.29) is 6.61 Å². The van der Waals surface area contributed by atoms with Crippen LogP contribution in [0.1, 0.15) is 17.5 Å². The van der Waals surface area contributed by atoms with Gasteiger partial charge in [0.1, 0.15) is 6.07 Å². The number of halogens is 1. The van der Waals surface area contributed by atoms with E-state index < -0.39 is 0 Å². The summed E-state index contributed by atoms with van der Waals surface area (Å²) in [5.74, 6) is 0. The van der Waals surface area contributed by atoms with Crippen molar-refractivity contribution < 1.29 is 5.11 Å². The maximum atomic E-state index is 8.64. The second-order valence-electron chi connectivity index (χ2n) is 2.77. The second-order valence-corrected chi connectivity index (χ2v) is 3.17. The van der Waals surface area contributed by atoms with Crippen LogP contribution in [0, 0.1) is 11.3 Å². The van der Waals surface area contributed by atoms with Gasteiger partial charge in [-0.1, -0.05) is 29.8 Å². The Labute approximate surface area is 88.1 Å². The van der Waals surface area contributed by atoms with Crippen molar-refractivity contribution >= 4 is 17.7 Å². The minimum absolute atomic E-state index is 0.139. The van der Waals surface area contributed by atoms with Crippen molar-refractivity contribution in [1.82, 2.24) is 0 Å². The van der Waals surface area contributed by atoms with Gasteiger partial charge in [0.05, 0.1) is 10.6 Å². The molecule has 0 heterocycles. The number of nitriles is 1. The molecule has 0 aliphatic heterocycles. The topological polar surface area (TPSA) is 44.0 Å². The van der Waals surface area contributed by atoms with E-state index in [1.165, 1.54) is 0 Å². The average Bonchev–Trinajstić information content (AvgIpc) is 2.18. The maximum Gasteiger partial charge on any atom is 0.101 e. The molecule has 1 N–H and O–H groups in total.